The van der Waals surface area contributed by atoms with Crippen LogP contribution in [0.1, 0.15) is 21.5 Å². The van der Waals surface area contributed by atoms with Gasteiger partial charge in [-0.25, -0.2) is 4.79 Å². The van der Waals surface area contributed by atoms with Crippen LogP contribution in [-0.2, 0) is 11.3 Å². The third-order valence-electron chi connectivity index (χ3n) is 3.09. The van der Waals surface area contributed by atoms with E-state index in [-0.39, 0.29) is 5.97 Å². The zero-order valence-corrected chi connectivity index (χ0v) is 11.5. The van der Waals surface area contributed by atoms with Gasteiger partial charge >= 0.3 is 5.97 Å². The molecule has 2 rings (SSSR count). The van der Waals surface area contributed by atoms with Gasteiger partial charge in [0.15, 0.2) is 0 Å². The maximum absolute atomic E-state index is 11.5. The number of aromatic nitrogens is 1. The first-order valence-corrected chi connectivity index (χ1v) is 6.23. The van der Waals surface area contributed by atoms with E-state index < -0.39 is 0 Å². The lowest BCUT2D eigenvalue weighted by atomic mass is 10.1. The number of carbonyl (C=O) groups is 1. The van der Waals surface area contributed by atoms with E-state index in [0.717, 1.165) is 11.1 Å². The zero-order valence-electron chi connectivity index (χ0n) is 11.5. The molecule has 0 aliphatic heterocycles. The number of aryl methyl sites for hydroxylation is 1. The van der Waals surface area contributed by atoms with Crippen LogP contribution in [0.3, 0.4) is 0 Å². The van der Waals surface area contributed by atoms with Crippen LogP contribution in [0.2, 0.25) is 0 Å². The molecule has 2 aromatic rings. The van der Waals surface area contributed by atoms with Crippen molar-refractivity contribution >= 4 is 17.3 Å². The highest BCUT2D eigenvalue weighted by Crippen LogP contribution is 2.21. The minimum absolute atomic E-state index is 0.384. The van der Waals surface area contributed by atoms with Gasteiger partial charge in [0.05, 0.1) is 24.0 Å². The number of hydrogen-bond donors (Lipinski definition) is 2. The average molecular weight is 271 g/mol. The zero-order chi connectivity index (χ0) is 14.5. The van der Waals surface area contributed by atoms with Crippen molar-refractivity contribution in [2.75, 3.05) is 18.2 Å². The Balaban J connectivity index is 2.17. The van der Waals surface area contributed by atoms with Crippen molar-refractivity contribution in [1.82, 2.24) is 4.98 Å². The molecule has 1 aromatic carbocycles. The maximum Gasteiger partial charge on any atom is 0.337 e. The Bertz CT molecular complexity index is 626. The minimum Gasteiger partial charge on any atom is -0.465 e. The highest BCUT2D eigenvalue weighted by Gasteiger charge is 2.08. The summed E-state index contributed by atoms with van der Waals surface area (Å²) in [6.45, 7) is 2.61. The van der Waals surface area contributed by atoms with E-state index in [1.807, 2.05) is 19.2 Å². The summed E-state index contributed by atoms with van der Waals surface area (Å²) in [5.74, 6) is -0.384. The van der Waals surface area contributed by atoms with E-state index in [1.54, 1.807) is 24.4 Å². The van der Waals surface area contributed by atoms with Crippen molar-refractivity contribution in [2.24, 2.45) is 0 Å². The van der Waals surface area contributed by atoms with Gasteiger partial charge in [0.1, 0.15) is 0 Å². The van der Waals surface area contributed by atoms with Crippen molar-refractivity contribution in [3.63, 3.8) is 0 Å². The number of pyridine rings is 1. The summed E-state index contributed by atoms with van der Waals surface area (Å²) in [5, 5.41) is 3.22. The SMILES string of the molecule is COC(=O)c1ccc(N)c(NCc2cnccc2C)c1. The lowest BCUT2D eigenvalue weighted by molar-refractivity contribution is 0.0601. The normalized spacial score (nSPS) is 10.1. The predicted octanol–water partition coefficient (Wildman–Crippen LogP) is 2.37. The second-order valence-corrected chi connectivity index (χ2v) is 4.45. The number of nitrogen functional groups attached to an aromatic ring is 1. The van der Waals surface area contributed by atoms with E-state index in [0.29, 0.717) is 23.5 Å². The van der Waals surface area contributed by atoms with E-state index in [9.17, 15) is 4.79 Å². The van der Waals surface area contributed by atoms with Crippen molar-refractivity contribution in [1.29, 1.82) is 0 Å². The first-order chi connectivity index (χ1) is 9.61. The molecule has 0 atom stereocenters. The Morgan fingerprint density at radius 2 is 2.20 bits per heavy atom. The molecule has 20 heavy (non-hydrogen) atoms. The number of esters is 1. The third-order valence-corrected chi connectivity index (χ3v) is 3.09. The van der Waals surface area contributed by atoms with E-state index >= 15 is 0 Å². The molecule has 5 heteroatoms. The number of methoxy groups -OCH3 is 1. The Morgan fingerprint density at radius 3 is 2.90 bits per heavy atom. The largest absolute Gasteiger partial charge is 0.465 e. The van der Waals surface area contributed by atoms with Crippen LogP contribution in [0.5, 0.6) is 0 Å². The molecular weight excluding hydrogens is 254 g/mol. The first-order valence-electron chi connectivity index (χ1n) is 6.23. The number of anilines is 2. The van der Waals surface area contributed by atoms with E-state index in [4.69, 9.17) is 10.5 Å². The van der Waals surface area contributed by atoms with Crippen molar-refractivity contribution < 1.29 is 9.53 Å². The summed E-state index contributed by atoms with van der Waals surface area (Å²) in [5.41, 5.74) is 9.88. The van der Waals surface area contributed by atoms with Gasteiger partial charge in [0, 0.05) is 18.9 Å². The predicted molar refractivity (Wildman–Crippen MR) is 78.5 cm³/mol. The van der Waals surface area contributed by atoms with Gasteiger partial charge in [-0.1, -0.05) is 0 Å². The summed E-state index contributed by atoms with van der Waals surface area (Å²) in [6, 6.07) is 6.96. The van der Waals surface area contributed by atoms with E-state index in [1.165, 1.54) is 7.11 Å². The van der Waals surface area contributed by atoms with Crippen LogP contribution < -0.4 is 11.1 Å². The monoisotopic (exact) mass is 271 g/mol. The average Bonchev–Trinajstić information content (AvgIpc) is 2.47. The number of benzene rings is 1. The molecule has 5 nitrogen and oxygen atoms in total. The summed E-state index contributed by atoms with van der Waals surface area (Å²) < 4.78 is 4.70. The fourth-order valence-corrected chi connectivity index (χ4v) is 1.83. The molecule has 0 aliphatic carbocycles. The molecule has 0 bridgehead atoms. The maximum atomic E-state index is 11.5. The Hall–Kier alpha value is -2.56. The van der Waals surface area contributed by atoms with Crippen molar-refractivity contribution in [2.45, 2.75) is 13.5 Å². The molecule has 0 fully saturated rings. The van der Waals surface area contributed by atoms with Gasteiger partial charge in [-0.15, -0.1) is 0 Å². The third kappa shape index (κ3) is 3.06. The van der Waals surface area contributed by atoms with Crippen LogP contribution in [0.15, 0.2) is 36.7 Å². The smallest absolute Gasteiger partial charge is 0.337 e. The molecule has 1 heterocycles. The molecule has 3 N–H and O–H groups in total. The quantitative estimate of drug-likeness (QED) is 0.659. The highest BCUT2D eigenvalue weighted by molar-refractivity contribution is 5.91. The lowest BCUT2D eigenvalue weighted by Crippen LogP contribution is -2.07. The molecule has 0 unspecified atom stereocenters. The minimum atomic E-state index is -0.384. The van der Waals surface area contributed by atoms with Gasteiger partial charge < -0.3 is 15.8 Å². The molecule has 104 valence electrons. The molecule has 0 aliphatic rings. The summed E-state index contributed by atoms with van der Waals surface area (Å²) in [6.07, 6.45) is 3.56. The number of carbonyl (C=O) groups excluding carboxylic acids is 1. The van der Waals surface area contributed by atoms with Crippen molar-refractivity contribution in [3.05, 3.63) is 53.3 Å². The number of rotatable bonds is 4. The van der Waals surface area contributed by atoms with Crippen LogP contribution >= 0.6 is 0 Å². The van der Waals surface area contributed by atoms with Gasteiger partial charge in [-0.2, -0.15) is 0 Å². The summed E-state index contributed by atoms with van der Waals surface area (Å²) in [4.78, 5) is 15.6. The topological polar surface area (TPSA) is 77.2 Å². The number of hydrogen-bond acceptors (Lipinski definition) is 5. The van der Waals surface area contributed by atoms with Gasteiger partial charge in [0.2, 0.25) is 0 Å². The first kappa shape index (κ1) is 13.9. The molecule has 0 amide bonds. The van der Waals surface area contributed by atoms with E-state index in [2.05, 4.69) is 10.3 Å². The van der Waals surface area contributed by atoms with Crippen LogP contribution in [0.25, 0.3) is 0 Å². The molecule has 0 saturated carbocycles. The highest BCUT2D eigenvalue weighted by atomic mass is 16.5. The molecule has 0 spiro atoms. The number of nitrogens with two attached hydrogens (primary N) is 1. The number of nitrogens with zero attached hydrogens (tertiary/aromatic N) is 1. The second kappa shape index (κ2) is 6.06. The molecule has 1 aromatic heterocycles. The fraction of sp³-hybridized carbons (Fsp3) is 0.200. The standard InChI is InChI=1S/C15H17N3O2/c1-10-5-6-17-8-12(10)9-18-14-7-11(15(19)20-2)3-4-13(14)16/h3-8,18H,9,16H2,1-2H3. The Labute approximate surface area is 117 Å². The van der Waals surface area contributed by atoms with Gasteiger partial charge in [-0.3, -0.25) is 4.98 Å². The Kier molecular flexibility index (Phi) is 4.20. The van der Waals surface area contributed by atoms with Crippen LogP contribution in [0, 0.1) is 6.92 Å². The molecular formula is C15H17N3O2. The summed E-state index contributed by atoms with van der Waals surface area (Å²) >= 11 is 0. The lowest BCUT2D eigenvalue weighted by Gasteiger charge is -2.12. The van der Waals surface area contributed by atoms with Gasteiger partial charge in [-0.05, 0) is 42.3 Å². The van der Waals surface area contributed by atoms with Crippen LogP contribution in [0.4, 0.5) is 11.4 Å². The molecule has 0 radical (unpaired) electrons. The molecule has 0 saturated heterocycles. The fourth-order valence-electron chi connectivity index (χ4n) is 1.83. The summed E-state index contributed by atoms with van der Waals surface area (Å²) in [7, 11) is 1.35. The number of nitrogens with one attached hydrogen (secondary N) is 1. The van der Waals surface area contributed by atoms with Crippen LogP contribution in [-0.4, -0.2) is 18.1 Å². The number of ether oxygens (including phenoxy) is 1. The van der Waals surface area contributed by atoms with Crippen molar-refractivity contribution in [3.8, 4) is 0 Å². The Morgan fingerprint density at radius 1 is 1.40 bits per heavy atom. The van der Waals surface area contributed by atoms with Gasteiger partial charge in [0.25, 0.3) is 0 Å². The second-order valence-electron chi connectivity index (χ2n) is 4.45.